The second kappa shape index (κ2) is 8.68. The Kier molecular flexibility index (Phi) is 6.07. The summed E-state index contributed by atoms with van der Waals surface area (Å²) < 4.78 is 6.53. The molecule has 1 unspecified atom stereocenters. The molecular weight excluding hydrogens is 370 g/mol. The average molecular weight is 393 g/mol. The average Bonchev–Trinajstić information content (AvgIpc) is 2.68. The van der Waals surface area contributed by atoms with E-state index in [1.165, 1.54) is 10.6 Å². The zero-order chi connectivity index (χ0) is 21.0. The molecule has 0 radical (unpaired) electrons. The molecule has 0 fully saturated rings. The summed E-state index contributed by atoms with van der Waals surface area (Å²) in [5, 5.41) is 2.79. The molecule has 1 aromatic carbocycles. The number of aryl methyl sites for hydroxylation is 1. The Morgan fingerprint density at radius 1 is 1.14 bits per heavy atom. The first-order valence-electron chi connectivity index (χ1n) is 9.38. The van der Waals surface area contributed by atoms with Gasteiger partial charge >= 0.3 is 5.97 Å². The van der Waals surface area contributed by atoms with Gasteiger partial charge in [-0.1, -0.05) is 35.9 Å². The maximum Gasteiger partial charge on any atom is 0.308 e. The van der Waals surface area contributed by atoms with Gasteiger partial charge in [0.2, 0.25) is 0 Å². The summed E-state index contributed by atoms with van der Waals surface area (Å²) >= 11 is 0. The van der Waals surface area contributed by atoms with Crippen LogP contribution in [0.3, 0.4) is 0 Å². The lowest BCUT2D eigenvalue weighted by atomic mass is 10.0. The number of esters is 1. The number of hydrogen-bond acceptors (Lipinski definition) is 5. The standard InChI is InChI=1S/C22H23N3O4/c1-14(2)29-20(26)12-18(16-9-7-15(3)8-10-16)24-21(27)17-13-23-19-6-4-5-11-25(19)22(17)28/h4-11,13-14,18H,12H2,1-3H3,(H,24,27). The number of benzene rings is 1. The van der Waals surface area contributed by atoms with Crippen molar-refractivity contribution in [1.29, 1.82) is 0 Å². The van der Waals surface area contributed by atoms with Gasteiger partial charge in [-0.15, -0.1) is 0 Å². The fourth-order valence-electron chi connectivity index (χ4n) is 2.95. The SMILES string of the molecule is Cc1ccc(C(CC(=O)OC(C)C)NC(=O)c2cnc3ccccn3c2=O)cc1. The van der Waals surface area contributed by atoms with Gasteiger partial charge in [-0.2, -0.15) is 0 Å². The molecule has 7 heteroatoms. The summed E-state index contributed by atoms with van der Waals surface area (Å²) in [7, 11) is 0. The first-order chi connectivity index (χ1) is 13.8. The molecule has 0 spiro atoms. The predicted octanol–water partition coefficient (Wildman–Crippen LogP) is 2.82. The van der Waals surface area contributed by atoms with Crippen LogP contribution in [0.2, 0.25) is 0 Å². The summed E-state index contributed by atoms with van der Waals surface area (Å²) in [4.78, 5) is 41.9. The lowest BCUT2D eigenvalue weighted by Gasteiger charge is -2.19. The third-order valence-corrected chi connectivity index (χ3v) is 4.38. The summed E-state index contributed by atoms with van der Waals surface area (Å²) in [5.74, 6) is -1.03. The Morgan fingerprint density at radius 2 is 1.86 bits per heavy atom. The normalized spacial score (nSPS) is 12.0. The largest absolute Gasteiger partial charge is 0.463 e. The number of amides is 1. The van der Waals surface area contributed by atoms with E-state index < -0.39 is 23.5 Å². The van der Waals surface area contributed by atoms with Crippen LogP contribution in [0.25, 0.3) is 5.65 Å². The van der Waals surface area contributed by atoms with E-state index in [0.717, 1.165) is 11.1 Å². The molecule has 2 heterocycles. The quantitative estimate of drug-likeness (QED) is 0.651. The molecule has 1 atom stereocenters. The number of carbonyl (C=O) groups is 2. The van der Waals surface area contributed by atoms with E-state index >= 15 is 0 Å². The third kappa shape index (κ3) is 4.87. The van der Waals surface area contributed by atoms with Crippen molar-refractivity contribution in [3.8, 4) is 0 Å². The fourth-order valence-corrected chi connectivity index (χ4v) is 2.95. The highest BCUT2D eigenvalue weighted by molar-refractivity contribution is 5.94. The number of pyridine rings is 1. The zero-order valence-electron chi connectivity index (χ0n) is 16.6. The number of aromatic nitrogens is 2. The Hall–Kier alpha value is -3.48. The first-order valence-corrected chi connectivity index (χ1v) is 9.38. The third-order valence-electron chi connectivity index (χ3n) is 4.38. The maximum atomic E-state index is 12.8. The van der Waals surface area contributed by atoms with Crippen LogP contribution in [-0.2, 0) is 9.53 Å². The highest BCUT2D eigenvalue weighted by atomic mass is 16.5. The van der Waals surface area contributed by atoms with Crippen molar-refractivity contribution >= 4 is 17.5 Å². The number of ether oxygens (including phenoxy) is 1. The molecule has 0 saturated carbocycles. The first kappa shape index (κ1) is 20.3. The smallest absolute Gasteiger partial charge is 0.308 e. The zero-order valence-corrected chi connectivity index (χ0v) is 16.6. The van der Waals surface area contributed by atoms with Crippen LogP contribution in [0.1, 0.15) is 47.8 Å². The van der Waals surface area contributed by atoms with Crippen molar-refractivity contribution < 1.29 is 14.3 Å². The Labute approximate surface area is 168 Å². The van der Waals surface area contributed by atoms with E-state index in [0.29, 0.717) is 5.65 Å². The van der Waals surface area contributed by atoms with Gasteiger partial charge in [0.25, 0.3) is 11.5 Å². The van der Waals surface area contributed by atoms with Gasteiger partial charge in [0.15, 0.2) is 0 Å². The fraction of sp³-hybridized carbons (Fsp3) is 0.273. The molecule has 0 aliphatic rings. The van der Waals surface area contributed by atoms with Crippen LogP contribution in [-0.4, -0.2) is 27.4 Å². The summed E-state index contributed by atoms with van der Waals surface area (Å²) in [6.07, 6.45) is 2.51. The van der Waals surface area contributed by atoms with E-state index in [2.05, 4.69) is 10.3 Å². The molecule has 2 aromatic heterocycles. The van der Waals surface area contributed by atoms with Gasteiger partial charge in [0.05, 0.1) is 18.6 Å². The number of rotatable bonds is 6. The van der Waals surface area contributed by atoms with Gasteiger partial charge in [0, 0.05) is 12.4 Å². The number of nitrogens with one attached hydrogen (secondary N) is 1. The van der Waals surface area contributed by atoms with Crippen molar-refractivity contribution in [1.82, 2.24) is 14.7 Å². The molecule has 0 aliphatic heterocycles. The monoisotopic (exact) mass is 393 g/mol. The molecule has 29 heavy (non-hydrogen) atoms. The second-order valence-electron chi connectivity index (χ2n) is 7.09. The van der Waals surface area contributed by atoms with E-state index in [1.807, 2.05) is 31.2 Å². The molecule has 1 N–H and O–H groups in total. The molecule has 3 aromatic rings. The van der Waals surface area contributed by atoms with Crippen molar-refractivity contribution in [2.75, 3.05) is 0 Å². The van der Waals surface area contributed by atoms with Crippen LogP contribution in [0.4, 0.5) is 0 Å². The van der Waals surface area contributed by atoms with Gasteiger partial charge in [-0.05, 0) is 38.5 Å². The topological polar surface area (TPSA) is 89.8 Å². The number of nitrogens with zero attached hydrogens (tertiary/aromatic N) is 2. The number of fused-ring (bicyclic) bond motifs is 1. The van der Waals surface area contributed by atoms with Crippen LogP contribution in [0.5, 0.6) is 0 Å². The Bertz CT molecular complexity index is 1090. The van der Waals surface area contributed by atoms with E-state index in [4.69, 9.17) is 4.74 Å². The molecule has 1 amide bonds. The number of carbonyl (C=O) groups excluding carboxylic acids is 2. The second-order valence-corrected chi connectivity index (χ2v) is 7.09. The molecule has 0 bridgehead atoms. The van der Waals surface area contributed by atoms with Crippen LogP contribution in [0.15, 0.2) is 59.7 Å². The summed E-state index contributed by atoms with van der Waals surface area (Å²) in [5.41, 5.74) is 1.69. The molecule has 3 rings (SSSR count). The highest BCUT2D eigenvalue weighted by Gasteiger charge is 2.22. The van der Waals surface area contributed by atoms with E-state index in [1.54, 1.807) is 38.2 Å². The molecule has 7 nitrogen and oxygen atoms in total. The highest BCUT2D eigenvalue weighted by Crippen LogP contribution is 2.19. The van der Waals surface area contributed by atoms with Crippen LogP contribution >= 0.6 is 0 Å². The Balaban J connectivity index is 1.89. The van der Waals surface area contributed by atoms with Gasteiger partial charge in [-0.25, -0.2) is 4.98 Å². The van der Waals surface area contributed by atoms with Crippen molar-refractivity contribution in [2.45, 2.75) is 39.3 Å². The van der Waals surface area contributed by atoms with Crippen molar-refractivity contribution in [3.05, 3.63) is 81.9 Å². The predicted molar refractivity (Wildman–Crippen MR) is 109 cm³/mol. The van der Waals surface area contributed by atoms with Gasteiger partial charge in [-0.3, -0.25) is 18.8 Å². The molecular formula is C22H23N3O4. The number of hydrogen-bond donors (Lipinski definition) is 1. The van der Waals surface area contributed by atoms with Gasteiger partial charge in [0.1, 0.15) is 11.2 Å². The summed E-state index contributed by atoms with van der Waals surface area (Å²) in [6.45, 7) is 5.48. The van der Waals surface area contributed by atoms with Crippen molar-refractivity contribution in [3.63, 3.8) is 0 Å². The minimum absolute atomic E-state index is 0.0463. The molecule has 0 saturated heterocycles. The minimum Gasteiger partial charge on any atom is -0.463 e. The summed E-state index contributed by atoms with van der Waals surface area (Å²) in [6, 6.07) is 12.0. The van der Waals surface area contributed by atoms with Crippen LogP contribution in [0, 0.1) is 6.92 Å². The molecule has 150 valence electrons. The lowest BCUT2D eigenvalue weighted by molar-refractivity contribution is -0.147. The minimum atomic E-state index is -0.634. The maximum absolute atomic E-state index is 12.8. The lowest BCUT2D eigenvalue weighted by Crippen LogP contribution is -2.35. The molecule has 0 aliphatic carbocycles. The van der Waals surface area contributed by atoms with Crippen LogP contribution < -0.4 is 10.9 Å². The van der Waals surface area contributed by atoms with Crippen molar-refractivity contribution in [2.24, 2.45) is 0 Å². The van der Waals surface area contributed by atoms with E-state index in [-0.39, 0.29) is 18.1 Å². The Morgan fingerprint density at radius 3 is 2.55 bits per heavy atom. The van der Waals surface area contributed by atoms with E-state index in [9.17, 15) is 14.4 Å². The van der Waals surface area contributed by atoms with Gasteiger partial charge < -0.3 is 10.1 Å².